The van der Waals surface area contributed by atoms with Gasteiger partial charge in [-0.25, -0.2) is 9.37 Å². The van der Waals surface area contributed by atoms with Gasteiger partial charge < -0.3 is 10.5 Å². The van der Waals surface area contributed by atoms with Crippen LogP contribution in [0.4, 0.5) is 4.39 Å². The van der Waals surface area contributed by atoms with Crippen molar-refractivity contribution in [3.8, 4) is 5.75 Å². The summed E-state index contributed by atoms with van der Waals surface area (Å²) >= 11 is 1.56. The zero-order valence-electron chi connectivity index (χ0n) is 10.3. The van der Waals surface area contributed by atoms with Crippen molar-refractivity contribution >= 4 is 11.3 Å². The number of aryl methyl sites for hydroxylation is 1. The van der Waals surface area contributed by atoms with Gasteiger partial charge in [-0.05, 0) is 19.9 Å². The maximum atomic E-state index is 13.2. The van der Waals surface area contributed by atoms with Crippen LogP contribution in [0, 0.1) is 12.7 Å². The van der Waals surface area contributed by atoms with Gasteiger partial charge in [0, 0.05) is 23.9 Å². The maximum absolute atomic E-state index is 13.2. The number of hydrogen-bond acceptors (Lipinski definition) is 4. The van der Waals surface area contributed by atoms with Gasteiger partial charge >= 0.3 is 0 Å². The number of halogens is 1. The lowest BCUT2D eigenvalue weighted by atomic mass is 10.1. The summed E-state index contributed by atoms with van der Waals surface area (Å²) in [5, 5.41) is 0.986. The molecule has 2 N–H and O–H groups in total. The Balaban J connectivity index is 2.15. The fraction of sp³-hybridized carbons (Fsp3) is 0.308. The van der Waals surface area contributed by atoms with Crippen LogP contribution < -0.4 is 10.5 Å². The van der Waals surface area contributed by atoms with Crippen molar-refractivity contribution in [1.29, 1.82) is 0 Å². The lowest BCUT2D eigenvalue weighted by Gasteiger charge is -2.13. The minimum atomic E-state index is -0.324. The standard InChI is InChI=1S/C13H15FN2OS/c1-8(15)12-4-3-10(14)5-13(12)17-7-11-6-16-9(2)18-11/h3-6,8H,7,15H2,1-2H3/t8-/m0/s1. The number of nitrogens with zero attached hydrogens (tertiary/aromatic N) is 1. The third-order valence-electron chi connectivity index (χ3n) is 2.51. The van der Waals surface area contributed by atoms with Crippen molar-refractivity contribution in [2.45, 2.75) is 26.5 Å². The summed E-state index contributed by atoms with van der Waals surface area (Å²) in [5.41, 5.74) is 6.63. The van der Waals surface area contributed by atoms with Gasteiger partial charge in [-0.15, -0.1) is 11.3 Å². The minimum Gasteiger partial charge on any atom is -0.488 e. The average Bonchev–Trinajstić information content (AvgIpc) is 2.72. The molecule has 1 aromatic carbocycles. The van der Waals surface area contributed by atoms with Crippen molar-refractivity contribution in [1.82, 2.24) is 4.98 Å². The number of nitrogens with two attached hydrogens (primary N) is 1. The van der Waals surface area contributed by atoms with Crippen LogP contribution in [-0.2, 0) is 6.61 Å². The number of ether oxygens (including phenoxy) is 1. The van der Waals surface area contributed by atoms with E-state index < -0.39 is 0 Å². The molecule has 5 heteroatoms. The van der Waals surface area contributed by atoms with Gasteiger partial charge in [-0.1, -0.05) is 6.07 Å². The number of rotatable bonds is 4. The second-order valence-corrected chi connectivity index (χ2v) is 5.42. The molecule has 0 bridgehead atoms. The predicted octanol–water partition coefficient (Wildman–Crippen LogP) is 3.19. The first-order valence-corrected chi connectivity index (χ1v) is 6.47. The molecule has 0 fully saturated rings. The third-order valence-corrected chi connectivity index (χ3v) is 3.39. The highest BCUT2D eigenvalue weighted by Crippen LogP contribution is 2.26. The van der Waals surface area contributed by atoms with Crippen molar-refractivity contribution in [2.75, 3.05) is 0 Å². The third kappa shape index (κ3) is 3.05. The van der Waals surface area contributed by atoms with Crippen molar-refractivity contribution in [3.63, 3.8) is 0 Å². The van der Waals surface area contributed by atoms with E-state index in [9.17, 15) is 4.39 Å². The molecule has 96 valence electrons. The highest BCUT2D eigenvalue weighted by atomic mass is 32.1. The zero-order valence-corrected chi connectivity index (χ0v) is 11.1. The first-order chi connectivity index (χ1) is 8.56. The molecule has 0 amide bonds. The van der Waals surface area contributed by atoms with E-state index in [1.165, 1.54) is 12.1 Å². The first-order valence-electron chi connectivity index (χ1n) is 5.65. The largest absolute Gasteiger partial charge is 0.488 e. The van der Waals surface area contributed by atoms with Crippen LogP contribution in [0.15, 0.2) is 24.4 Å². The number of benzene rings is 1. The normalized spacial score (nSPS) is 12.4. The van der Waals surface area contributed by atoms with Crippen molar-refractivity contribution in [2.24, 2.45) is 5.73 Å². The van der Waals surface area contributed by atoms with Crippen LogP contribution in [0.1, 0.15) is 28.4 Å². The predicted molar refractivity (Wildman–Crippen MR) is 70.2 cm³/mol. The molecule has 0 aliphatic rings. The quantitative estimate of drug-likeness (QED) is 0.924. The molecular weight excluding hydrogens is 251 g/mol. The van der Waals surface area contributed by atoms with E-state index in [-0.39, 0.29) is 11.9 Å². The Morgan fingerprint density at radius 3 is 2.89 bits per heavy atom. The van der Waals surface area contributed by atoms with Gasteiger partial charge in [0.2, 0.25) is 0 Å². The van der Waals surface area contributed by atoms with Gasteiger partial charge in [0.25, 0.3) is 0 Å². The van der Waals surface area contributed by atoms with Crippen molar-refractivity contribution in [3.05, 3.63) is 45.7 Å². The van der Waals surface area contributed by atoms with Gasteiger partial charge in [-0.3, -0.25) is 0 Å². The summed E-state index contributed by atoms with van der Waals surface area (Å²) < 4.78 is 18.8. The van der Waals surface area contributed by atoms with E-state index in [0.29, 0.717) is 12.4 Å². The SMILES string of the molecule is Cc1ncc(COc2cc(F)ccc2[C@H](C)N)s1. The van der Waals surface area contributed by atoms with Crippen LogP contribution >= 0.6 is 11.3 Å². The van der Waals surface area contributed by atoms with Crippen LogP contribution in [0.3, 0.4) is 0 Å². The molecule has 0 radical (unpaired) electrons. The molecule has 0 aliphatic heterocycles. The second kappa shape index (κ2) is 5.46. The number of hydrogen-bond donors (Lipinski definition) is 1. The van der Waals surface area contributed by atoms with Crippen LogP contribution in [-0.4, -0.2) is 4.98 Å². The molecule has 0 saturated carbocycles. The smallest absolute Gasteiger partial charge is 0.127 e. The van der Waals surface area contributed by atoms with Crippen LogP contribution in [0.5, 0.6) is 5.75 Å². The average molecular weight is 266 g/mol. The molecule has 1 atom stereocenters. The minimum absolute atomic E-state index is 0.191. The number of thiazole rings is 1. The van der Waals surface area contributed by atoms with Gasteiger partial charge in [0.1, 0.15) is 18.2 Å². The summed E-state index contributed by atoms with van der Waals surface area (Å²) in [5.74, 6) is 0.172. The topological polar surface area (TPSA) is 48.1 Å². The van der Waals surface area contributed by atoms with Gasteiger partial charge in [-0.2, -0.15) is 0 Å². The lowest BCUT2D eigenvalue weighted by molar-refractivity contribution is 0.303. The first kappa shape index (κ1) is 13.0. The fourth-order valence-corrected chi connectivity index (χ4v) is 2.34. The summed E-state index contributed by atoms with van der Waals surface area (Å²) in [6.07, 6.45) is 1.77. The Morgan fingerprint density at radius 1 is 1.50 bits per heavy atom. The molecule has 2 rings (SSSR count). The Labute approximate surface area is 109 Å². The molecule has 0 spiro atoms. The highest BCUT2D eigenvalue weighted by Gasteiger charge is 2.10. The van der Waals surface area contributed by atoms with E-state index >= 15 is 0 Å². The maximum Gasteiger partial charge on any atom is 0.127 e. The van der Waals surface area contributed by atoms with E-state index in [2.05, 4.69) is 4.98 Å². The molecule has 1 aromatic heterocycles. The van der Waals surface area contributed by atoms with Crippen LogP contribution in [0.2, 0.25) is 0 Å². The Kier molecular flexibility index (Phi) is 3.93. The summed E-state index contributed by atoms with van der Waals surface area (Å²) in [7, 11) is 0. The molecule has 0 saturated heterocycles. The molecule has 0 aliphatic carbocycles. The van der Waals surface area contributed by atoms with E-state index in [1.807, 2.05) is 13.8 Å². The van der Waals surface area contributed by atoms with E-state index in [4.69, 9.17) is 10.5 Å². The molecule has 0 unspecified atom stereocenters. The molecule has 2 aromatic rings. The van der Waals surface area contributed by atoms with Crippen LogP contribution in [0.25, 0.3) is 0 Å². The molecule has 1 heterocycles. The Hall–Kier alpha value is -1.46. The zero-order chi connectivity index (χ0) is 13.1. The van der Waals surface area contributed by atoms with Gasteiger partial charge in [0.05, 0.1) is 9.88 Å². The van der Waals surface area contributed by atoms with Gasteiger partial charge in [0.15, 0.2) is 0 Å². The van der Waals surface area contributed by atoms with E-state index in [0.717, 1.165) is 15.4 Å². The van der Waals surface area contributed by atoms with E-state index in [1.54, 1.807) is 23.6 Å². The summed E-state index contributed by atoms with van der Waals surface area (Å²) in [4.78, 5) is 5.15. The second-order valence-electron chi connectivity index (χ2n) is 4.11. The fourth-order valence-electron chi connectivity index (χ4n) is 1.63. The Bertz CT molecular complexity index is 540. The summed E-state index contributed by atoms with van der Waals surface area (Å²) in [6, 6.07) is 4.23. The molecule has 18 heavy (non-hydrogen) atoms. The lowest BCUT2D eigenvalue weighted by Crippen LogP contribution is -2.08. The Morgan fingerprint density at radius 2 is 2.28 bits per heavy atom. The molecule has 3 nitrogen and oxygen atoms in total. The highest BCUT2D eigenvalue weighted by molar-refractivity contribution is 7.11. The monoisotopic (exact) mass is 266 g/mol. The molecular formula is C13H15FN2OS. The number of aromatic nitrogens is 1. The van der Waals surface area contributed by atoms with Crippen molar-refractivity contribution < 1.29 is 9.13 Å². The summed E-state index contributed by atoms with van der Waals surface area (Å²) in [6.45, 7) is 4.16.